The number of hydrogen-bond donors (Lipinski definition) is 0. The number of imidazole rings is 1. The predicted octanol–water partition coefficient (Wildman–Crippen LogP) is 4.02. The molecule has 3 aromatic rings. The first kappa shape index (κ1) is 19.0. The third-order valence-corrected chi connectivity index (χ3v) is 5.28. The standard InChI is InChI=1S/C21H23N3O2S/c1-16(20(25)23(2)15-17-8-5-4-6-9-17)27-21-22-12-13-24(21)18-10-7-11-19(14-18)26-3/h4-14,16H,15H2,1-3H3. The van der Waals surface area contributed by atoms with Crippen LogP contribution in [0, 0.1) is 0 Å². The number of hydrogen-bond acceptors (Lipinski definition) is 4. The van der Waals surface area contributed by atoms with Crippen molar-refractivity contribution in [2.75, 3.05) is 14.2 Å². The molecule has 0 radical (unpaired) electrons. The molecule has 2 aromatic carbocycles. The van der Waals surface area contributed by atoms with Crippen LogP contribution in [0.15, 0.2) is 72.1 Å². The van der Waals surface area contributed by atoms with Gasteiger partial charge in [0.25, 0.3) is 0 Å². The van der Waals surface area contributed by atoms with E-state index < -0.39 is 0 Å². The summed E-state index contributed by atoms with van der Waals surface area (Å²) in [7, 11) is 3.48. The zero-order valence-electron chi connectivity index (χ0n) is 15.7. The molecule has 1 atom stereocenters. The second-order valence-electron chi connectivity index (χ2n) is 6.22. The van der Waals surface area contributed by atoms with Crippen molar-refractivity contribution in [3.8, 4) is 11.4 Å². The van der Waals surface area contributed by atoms with Gasteiger partial charge in [0.15, 0.2) is 5.16 Å². The molecule has 1 heterocycles. The molecule has 0 bridgehead atoms. The predicted molar refractivity (Wildman–Crippen MR) is 108 cm³/mol. The van der Waals surface area contributed by atoms with E-state index in [4.69, 9.17) is 4.74 Å². The van der Waals surface area contributed by atoms with Crippen LogP contribution >= 0.6 is 11.8 Å². The fourth-order valence-corrected chi connectivity index (χ4v) is 3.79. The van der Waals surface area contributed by atoms with Crippen molar-refractivity contribution in [2.24, 2.45) is 0 Å². The van der Waals surface area contributed by atoms with Gasteiger partial charge < -0.3 is 9.64 Å². The number of rotatable bonds is 7. The van der Waals surface area contributed by atoms with Gasteiger partial charge in [-0.1, -0.05) is 48.2 Å². The van der Waals surface area contributed by atoms with Gasteiger partial charge in [-0.3, -0.25) is 9.36 Å². The zero-order chi connectivity index (χ0) is 19.2. The average Bonchev–Trinajstić information content (AvgIpc) is 3.16. The highest BCUT2D eigenvalue weighted by atomic mass is 32.2. The Morgan fingerprint density at radius 2 is 2.00 bits per heavy atom. The van der Waals surface area contributed by atoms with Gasteiger partial charge in [-0.15, -0.1) is 0 Å². The molecule has 3 rings (SSSR count). The number of amides is 1. The topological polar surface area (TPSA) is 47.4 Å². The minimum absolute atomic E-state index is 0.0732. The molecular formula is C21H23N3O2S. The maximum Gasteiger partial charge on any atom is 0.235 e. The quantitative estimate of drug-likeness (QED) is 0.580. The lowest BCUT2D eigenvalue weighted by atomic mass is 10.2. The first-order chi connectivity index (χ1) is 13.1. The Morgan fingerprint density at radius 3 is 2.74 bits per heavy atom. The average molecular weight is 382 g/mol. The van der Waals surface area contributed by atoms with Crippen LogP contribution in [-0.2, 0) is 11.3 Å². The van der Waals surface area contributed by atoms with Gasteiger partial charge in [0.1, 0.15) is 5.75 Å². The van der Waals surface area contributed by atoms with E-state index in [0.717, 1.165) is 22.2 Å². The molecule has 0 aliphatic rings. The van der Waals surface area contributed by atoms with Crippen LogP contribution in [0.4, 0.5) is 0 Å². The highest BCUT2D eigenvalue weighted by Crippen LogP contribution is 2.27. The van der Waals surface area contributed by atoms with Crippen molar-refractivity contribution in [3.05, 3.63) is 72.6 Å². The van der Waals surface area contributed by atoms with Crippen LogP contribution in [0.1, 0.15) is 12.5 Å². The second kappa shape index (κ2) is 8.77. The maximum absolute atomic E-state index is 12.8. The summed E-state index contributed by atoms with van der Waals surface area (Å²) in [5.41, 5.74) is 2.06. The van der Waals surface area contributed by atoms with Crippen molar-refractivity contribution < 1.29 is 9.53 Å². The van der Waals surface area contributed by atoms with Gasteiger partial charge in [-0.05, 0) is 24.6 Å². The van der Waals surface area contributed by atoms with E-state index in [0.29, 0.717) is 6.54 Å². The van der Waals surface area contributed by atoms with E-state index in [9.17, 15) is 4.79 Å². The van der Waals surface area contributed by atoms with Crippen molar-refractivity contribution in [3.63, 3.8) is 0 Å². The SMILES string of the molecule is COc1cccc(-n2ccnc2SC(C)C(=O)N(C)Cc2ccccc2)c1. The largest absolute Gasteiger partial charge is 0.497 e. The number of carbonyl (C=O) groups is 1. The third-order valence-electron chi connectivity index (χ3n) is 4.21. The van der Waals surface area contributed by atoms with Crippen molar-refractivity contribution in [1.82, 2.24) is 14.5 Å². The summed E-state index contributed by atoms with van der Waals surface area (Å²) >= 11 is 1.45. The molecule has 1 unspecified atom stereocenters. The lowest BCUT2D eigenvalue weighted by molar-refractivity contribution is -0.129. The van der Waals surface area contributed by atoms with E-state index in [1.807, 2.05) is 79.3 Å². The molecule has 140 valence electrons. The first-order valence-electron chi connectivity index (χ1n) is 8.72. The Morgan fingerprint density at radius 1 is 1.22 bits per heavy atom. The summed E-state index contributed by atoms with van der Waals surface area (Å²) in [5.74, 6) is 0.855. The number of ether oxygens (including phenoxy) is 1. The van der Waals surface area contributed by atoms with E-state index in [1.165, 1.54) is 11.8 Å². The van der Waals surface area contributed by atoms with E-state index >= 15 is 0 Å². The van der Waals surface area contributed by atoms with Gasteiger partial charge >= 0.3 is 0 Å². The van der Waals surface area contributed by atoms with Gasteiger partial charge in [-0.2, -0.15) is 0 Å². The Bertz CT molecular complexity index is 895. The highest BCUT2D eigenvalue weighted by molar-refractivity contribution is 8.00. The number of nitrogens with zero attached hydrogens (tertiary/aromatic N) is 3. The Labute approximate surface area is 164 Å². The van der Waals surface area contributed by atoms with Gasteiger partial charge in [0.05, 0.1) is 18.0 Å². The van der Waals surface area contributed by atoms with Gasteiger partial charge in [0, 0.05) is 32.1 Å². The molecule has 1 aromatic heterocycles. The fourth-order valence-electron chi connectivity index (χ4n) is 2.79. The Balaban J connectivity index is 1.70. The summed E-state index contributed by atoms with van der Waals surface area (Å²) < 4.78 is 7.27. The zero-order valence-corrected chi connectivity index (χ0v) is 16.5. The van der Waals surface area contributed by atoms with E-state index in [-0.39, 0.29) is 11.2 Å². The fraction of sp³-hybridized carbons (Fsp3) is 0.238. The summed E-state index contributed by atoms with van der Waals surface area (Å²) in [6.45, 7) is 2.51. The van der Waals surface area contributed by atoms with Crippen LogP contribution in [0.3, 0.4) is 0 Å². The smallest absolute Gasteiger partial charge is 0.235 e. The molecule has 0 spiro atoms. The monoisotopic (exact) mass is 381 g/mol. The minimum Gasteiger partial charge on any atom is -0.497 e. The first-order valence-corrected chi connectivity index (χ1v) is 9.60. The molecule has 0 fully saturated rings. The molecular weight excluding hydrogens is 358 g/mol. The number of aromatic nitrogens is 2. The number of methoxy groups -OCH3 is 1. The number of thioether (sulfide) groups is 1. The van der Waals surface area contributed by atoms with Crippen LogP contribution < -0.4 is 4.74 Å². The summed E-state index contributed by atoms with van der Waals surface area (Å²) in [6, 6.07) is 17.8. The summed E-state index contributed by atoms with van der Waals surface area (Å²) in [4.78, 5) is 19.0. The van der Waals surface area contributed by atoms with Crippen LogP contribution in [0.5, 0.6) is 5.75 Å². The van der Waals surface area contributed by atoms with Crippen molar-refractivity contribution in [2.45, 2.75) is 23.9 Å². The molecule has 0 saturated carbocycles. The third kappa shape index (κ3) is 4.71. The molecule has 5 nitrogen and oxygen atoms in total. The summed E-state index contributed by atoms with van der Waals surface area (Å²) in [5, 5.41) is 0.530. The molecule has 0 N–H and O–H groups in total. The Hall–Kier alpha value is -2.73. The van der Waals surface area contributed by atoms with Gasteiger partial charge in [-0.25, -0.2) is 4.98 Å². The highest BCUT2D eigenvalue weighted by Gasteiger charge is 2.21. The van der Waals surface area contributed by atoms with Crippen LogP contribution in [0.2, 0.25) is 0 Å². The molecule has 6 heteroatoms. The van der Waals surface area contributed by atoms with Crippen molar-refractivity contribution in [1.29, 1.82) is 0 Å². The molecule has 1 amide bonds. The lowest BCUT2D eigenvalue weighted by Crippen LogP contribution is -2.32. The summed E-state index contributed by atoms with van der Waals surface area (Å²) in [6.07, 6.45) is 3.63. The molecule has 0 aliphatic heterocycles. The van der Waals surface area contributed by atoms with Crippen LogP contribution in [0.25, 0.3) is 5.69 Å². The lowest BCUT2D eigenvalue weighted by Gasteiger charge is -2.21. The second-order valence-corrected chi connectivity index (χ2v) is 7.53. The molecule has 0 aliphatic carbocycles. The normalized spacial score (nSPS) is 11.8. The minimum atomic E-state index is -0.245. The number of carbonyl (C=O) groups excluding carboxylic acids is 1. The van der Waals surface area contributed by atoms with Crippen molar-refractivity contribution >= 4 is 17.7 Å². The maximum atomic E-state index is 12.8. The van der Waals surface area contributed by atoms with E-state index in [1.54, 1.807) is 18.2 Å². The van der Waals surface area contributed by atoms with Gasteiger partial charge in [0.2, 0.25) is 5.91 Å². The van der Waals surface area contributed by atoms with E-state index in [2.05, 4.69) is 4.98 Å². The Kier molecular flexibility index (Phi) is 6.19. The number of benzene rings is 2. The molecule has 0 saturated heterocycles. The van der Waals surface area contributed by atoms with Crippen LogP contribution in [-0.4, -0.2) is 39.8 Å². The molecule has 27 heavy (non-hydrogen) atoms.